The largest absolute Gasteiger partial charge is 0.380 e. The number of pyridine rings is 1. The van der Waals surface area contributed by atoms with Crippen LogP contribution in [0.4, 0.5) is 10.1 Å². The number of sulfone groups is 1. The Bertz CT molecular complexity index is 1060. The Balaban J connectivity index is 1.91. The molecule has 1 N–H and O–H groups in total. The fourth-order valence-electron chi connectivity index (χ4n) is 2.92. The average Bonchev–Trinajstić information content (AvgIpc) is 2.52. The number of hydrogen-bond acceptors (Lipinski definition) is 4. The van der Waals surface area contributed by atoms with Crippen LogP contribution in [0.15, 0.2) is 47.4 Å². The monoisotopic (exact) mass is 358 g/mol. The molecule has 0 aliphatic rings. The van der Waals surface area contributed by atoms with Gasteiger partial charge in [-0.25, -0.2) is 17.8 Å². The molecule has 25 heavy (non-hydrogen) atoms. The van der Waals surface area contributed by atoms with Crippen molar-refractivity contribution in [2.45, 2.75) is 25.3 Å². The molecule has 0 amide bonds. The summed E-state index contributed by atoms with van der Waals surface area (Å²) < 4.78 is 37.4. The topological polar surface area (TPSA) is 59.1 Å². The molecule has 0 bridgehead atoms. The number of fused-ring (bicyclic) bond motifs is 1. The van der Waals surface area contributed by atoms with Crippen molar-refractivity contribution in [1.82, 2.24) is 4.98 Å². The average molecular weight is 358 g/mol. The summed E-state index contributed by atoms with van der Waals surface area (Å²) in [7, 11) is -3.23. The van der Waals surface area contributed by atoms with Crippen LogP contribution in [0.25, 0.3) is 10.9 Å². The standard InChI is InChI=1S/C19H19FN2O2S/c1-12-9-14(7-8-18(12)25(3,23)24)11-21-17-10-13(2)22-19-15(17)5-4-6-16(19)20/h4-10H,11H2,1-3H3,(H,21,22). The van der Waals surface area contributed by atoms with E-state index in [9.17, 15) is 12.8 Å². The van der Waals surface area contributed by atoms with E-state index in [4.69, 9.17) is 0 Å². The number of anilines is 1. The van der Waals surface area contributed by atoms with Crippen molar-refractivity contribution in [1.29, 1.82) is 0 Å². The highest BCUT2D eigenvalue weighted by Crippen LogP contribution is 2.26. The van der Waals surface area contributed by atoms with Crippen LogP contribution in [0.1, 0.15) is 16.8 Å². The molecule has 6 heteroatoms. The summed E-state index contributed by atoms with van der Waals surface area (Å²) >= 11 is 0. The molecule has 0 saturated carbocycles. The molecule has 0 atom stereocenters. The van der Waals surface area contributed by atoms with Crippen LogP contribution < -0.4 is 5.32 Å². The molecule has 130 valence electrons. The van der Waals surface area contributed by atoms with Crippen molar-refractivity contribution in [3.63, 3.8) is 0 Å². The number of aryl methyl sites for hydroxylation is 2. The predicted octanol–water partition coefficient (Wildman–Crippen LogP) is 4.01. The summed E-state index contributed by atoms with van der Waals surface area (Å²) in [6, 6.07) is 12.0. The van der Waals surface area contributed by atoms with E-state index >= 15 is 0 Å². The van der Waals surface area contributed by atoms with E-state index in [1.54, 1.807) is 25.1 Å². The maximum atomic E-state index is 14.0. The number of nitrogens with one attached hydrogen (secondary N) is 1. The molecule has 0 saturated heterocycles. The first-order chi connectivity index (χ1) is 11.8. The summed E-state index contributed by atoms with van der Waals surface area (Å²) in [5.74, 6) is -0.349. The normalized spacial score (nSPS) is 11.7. The van der Waals surface area contributed by atoms with Crippen LogP contribution >= 0.6 is 0 Å². The molecule has 3 rings (SSSR count). The zero-order valence-electron chi connectivity index (χ0n) is 14.3. The second-order valence-electron chi connectivity index (χ2n) is 6.17. The number of halogens is 1. The summed E-state index contributed by atoms with van der Waals surface area (Å²) in [5, 5.41) is 4.02. The third kappa shape index (κ3) is 3.64. The highest BCUT2D eigenvalue weighted by molar-refractivity contribution is 7.90. The van der Waals surface area contributed by atoms with Crippen molar-refractivity contribution < 1.29 is 12.8 Å². The van der Waals surface area contributed by atoms with Gasteiger partial charge in [-0.2, -0.15) is 0 Å². The van der Waals surface area contributed by atoms with Crippen molar-refractivity contribution in [2.24, 2.45) is 0 Å². The summed E-state index contributed by atoms with van der Waals surface area (Å²) in [6.45, 7) is 4.10. The minimum absolute atomic E-state index is 0.337. The van der Waals surface area contributed by atoms with Gasteiger partial charge in [-0.05, 0) is 43.2 Å². The van der Waals surface area contributed by atoms with Crippen molar-refractivity contribution in [3.8, 4) is 0 Å². The first kappa shape index (κ1) is 17.4. The maximum absolute atomic E-state index is 14.0. The van der Waals surface area contributed by atoms with Gasteiger partial charge < -0.3 is 5.32 Å². The van der Waals surface area contributed by atoms with E-state index < -0.39 is 9.84 Å². The first-order valence-corrected chi connectivity index (χ1v) is 9.74. The quantitative estimate of drug-likeness (QED) is 0.766. The van der Waals surface area contributed by atoms with Gasteiger partial charge in [0.2, 0.25) is 0 Å². The molecule has 0 unspecified atom stereocenters. The number of para-hydroxylation sites is 1. The van der Waals surface area contributed by atoms with Crippen LogP contribution in [0.5, 0.6) is 0 Å². The number of nitrogens with zero attached hydrogens (tertiary/aromatic N) is 1. The molecule has 1 aromatic heterocycles. The highest BCUT2D eigenvalue weighted by atomic mass is 32.2. The molecule has 0 aliphatic carbocycles. The van der Waals surface area contributed by atoms with E-state index in [-0.39, 0.29) is 5.82 Å². The molecule has 3 aromatic rings. The van der Waals surface area contributed by atoms with Crippen LogP contribution in [0.3, 0.4) is 0 Å². The first-order valence-electron chi connectivity index (χ1n) is 7.85. The minimum Gasteiger partial charge on any atom is -0.380 e. The Morgan fingerprint density at radius 1 is 1.12 bits per heavy atom. The van der Waals surface area contributed by atoms with Crippen LogP contribution in [-0.4, -0.2) is 19.7 Å². The lowest BCUT2D eigenvalue weighted by Gasteiger charge is -2.12. The summed E-state index contributed by atoms with van der Waals surface area (Å²) in [6.07, 6.45) is 1.20. The van der Waals surface area contributed by atoms with Gasteiger partial charge in [-0.15, -0.1) is 0 Å². The van der Waals surface area contributed by atoms with E-state index in [2.05, 4.69) is 10.3 Å². The molecular formula is C19H19FN2O2S. The van der Waals surface area contributed by atoms with Gasteiger partial charge in [0.25, 0.3) is 0 Å². The Morgan fingerprint density at radius 2 is 1.88 bits per heavy atom. The van der Waals surface area contributed by atoms with Gasteiger partial charge in [0.1, 0.15) is 11.3 Å². The van der Waals surface area contributed by atoms with Crippen LogP contribution in [-0.2, 0) is 16.4 Å². The maximum Gasteiger partial charge on any atom is 0.175 e. The molecule has 4 nitrogen and oxygen atoms in total. The Labute approximate surface area is 146 Å². The van der Waals surface area contributed by atoms with Crippen LogP contribution in [0.2, 0.25) is 0 Å². The number of aromatic nitrogens is 1. The number of hydrogen-bond donors (Lipinski definition) is 1. The third-order valence-electron chi connectivity index (χ3n) is 4.04. The third-order valence-corrected chi connectivity index (χ3v) is 5.30. The highest BCUT2D eigenvalue weighted by Gasteiger charge is 2.11. The smallest absolute Gasteiger partial charge is 0.175 e. The lowest BCUT2D eigenvalue weighted by atomic mass is 10.1. The molecular weight excluding hydrogens is 339 g/mol. The van der Waals surface area contributed by atoms with Gasteiger partial charge in [-0.3, -0.25) is 0 Å². The molecule has 0 aliphatic heterocycles. The lowest BCUT2D eigenvalue weighted by Crippen LogP contribution is -2.04. The Kier molecular flexibility index (Phi) is 4.47. The van der Waals surface area contributed by atoms with E-state index in [1.807, 2.05) is 25.1 Å². The molecule has 2 aromatic carbocycles. The molecule has 1 heterocycles. The van der Waals surface area contributed by atoms with E-state index in [0.29, 0.717) is 22.5 Å². The summed E-state index contributed by atoms with van der Waals surface area (Å²) in [5.41, 5.74) is 3.52. The van der Waals surface area contributed by atoms with Crippen LogP contribution in [0, 0.1) is 19.7 Å². The van der Waals surface area contributed by atoms with E-state index in [0.717, 1.165) is 22.3 Å². The van der Waals surface area contributed by atoms with Crippen molar-refractivity contribution >= 4 is 26.4 Å². The van der Waals surface area contributed by atoms with Gasteiger partial charge in [0.15, 0.2) is 9.84 Å². The number of rotatable bonds is 4. The zero-order chi connectivity index (χ0) is 18.2. The fourth-order valence-corrected chi connectivity index (χ4v) is 3.88. The molecule has 0 fully saturated rings. The van der Waals surface area contributed by atoms with Gasteiger partial charge in [-0.1, -0.05) is 24.3 Å². The zero-order valence-corrected chi connectivity index (χ0v) is 15.1. The minimum atomic E-state index is -3.23. The van der Waals surface area contributed by atoms with Gasteiger partial charge in [0.05, 0.1) is 4.90 Å². The van der Waals surface area contributed by atoms with Crippen molar-refractivity contribution in [2.75, 3.05) is 11.6 Å². The van der Waals surface area contributed by atoms with Crippen molar-refractivity contribution in [3.05, 3.63) is 65.1 Å². The lowest BCUT2D eigenvalue weighted by molar-refractivity contribution is 0.601. The van der Waals surface area contributed by atoms with Gasteiger partial charge in [0, 0.05) is 29.6 Å². The van der Waals surface area contributed by atoms with E-state index in [1.165, 1.54) is 12.3 Å². The Morgan fingerprint density at radius 3 is 2.56 bits per heavy atom. The summed E-state index contributed by atoms with van der Waals surface area (Å²) in [4.78, 5) is 4.60. The Hall–Kier alpha value is -2.47. The second kappa shape index (κ2) is 6.44. The molecule has 0 radical (unpaired) electrons. The molecule has 0 spiro atoms. The number of benzene rings is 2. The SMILES string of the molecule is Cc1cc(NCc2ccc(S(C)(=O)=O)c(C)c2)c2cccc(F)c2n1. The second-order valence-corrected chi connectivity index (χ2v) is 8.16. The van der Waals surface area contributed by atoms with Gasteiger partial charge >= 0.3 is 0 Å². The fraction of sp³-hybridized carbons (Fsp3) is 0.211. The predicted molar refractivity (Wildman–Crippen MR) is 98.1 cm³/mol.